The SMILES string of the molecule is CCOc1cc([C@@H](O)[C@H](O)c2cc(CN3CCOCC3)c(O)c(OCC)c2)cc(CN2CCOCC2)c1O. The molecule has 2 atom stereocenters. The van der Waals surface area contributed by atoms with E-state index in [1.54, 1.807) is 24.3 Å². The van der Waals surface area contributed by atoms with E-state index in [1.165, 1.54) is 0 Å². The number of benzene rings is 2. The number of ether oxygens (including phenoxy) is 4. The van der Waals surface area contributed by atoms with Crippen LogP contribution in [0.3, 0.4) is 0 Å². The molecule has 2 aromatic carbocycles. The van der Waals surface area contributed by atoms with E-state index in [0.29, 0.717) is 75.0 Å². The monoisotopic (exact) mass is 532 g/mol. The maximum absolute atomic E-state index is 11.3. The van der Waals surface area contributed by atoms with E-state index in [1.807, 2.05) is 13.8 Å². The molecule has 2 fully saturated rings. The number of nitrogens with zero attached hydrogens (tertiary/aromatic N) is 2. The molecule has 4 rings (SSSR count). The molecule has 2 saturated heterocycles. The minimum absolute atomic E-state index is 0.0276. The van der Waals surface area contributed by atoms with Gasteiger partial charge < -0.3 is 39.4 Å². The summed E-state index contributed by atoms with van der Waals surface area (Å²) in [6.45, 7) is 10.7. The number of aromatic hydroxyl groups is 2. The van der Waals surface area contributed by atoms with Crippen molar-refractivity contribution < 1.29 is 39.4 Å². The molecule has 0 radical (unpaired) electrons. The first-order valence-corrected chi connectivity index (χ1v) is 13.3. The Labute approximate surface area is 223 Å². The number of morpholine rings is 2. The van der Waals surface area contributed by atoms with Crippen LogP contribution < -0.4 is 9.47 Å². The normalized spacial score (nSPS) is 18.7. The predicted molar refractivity (Wildman–Crippen MR) is 141 cm³/mol. The Kier molecular flexibility index (Phi) is 10.1. The summed E-state index contributed by atoms with van der Waals surface area (Å²) in [5.41, 5.74) is 2.05. The molecule has 38 heavy (non-hydrogen) atoms. The summed E-state index contributed by atoms with van der Waals surface area (Å²) in [5, 5.41) is 44.3. The summed E-state index contributed by atoms with van der Waals surface area (Å²) in [5.74, 6) is 0.571. The largest absolute Gasteiger partial charge is 0.504 e. The Hall–Kier alpha value is -2.60. The molecule has 2 heterocycles. The van der Waals surface area contributed by atoms with Gasteiger partial charge in [0.15, 0.2) is 23.0 Å². The molecule has 210 valence electrons. The van der Waals surface area contributed by atoms with Crippen LogP contribution in [-0.4, -0.2) is 96.0 Å². The summed E-state index contributed by atoms with van der Waals surface area (Å²) >= 11 is 0. The fourth-order valence-electron chi connectivity index (χ4n) is 4.86. The van der Waals surface area contributed by atoms with Crippen molar-refractivity contribution in [3.05, 3.63) is 46.5 Å². The van der Waals surface area contributed by atoms with E-state index in [-0.39, 0.29) is 23.0 Å². The van der Waals surface area contributed by atoms with Crippen LogP contribution in [-0.2, 0) is 22.6 Å². The van der Waals surface area contributed by atoms with Gasteiger partial charge in [-0.2, -0.15) is 0 Å². The van der Waals surface area contributed by atoms with Crippen LogP contribution in [0.5, 0.6) is 23.0 Å². The first-order chi connectivity index (χ1) is 18.4. The summed E-state index contributed by atoms with van der Waals surface area (Å²) < 4.78 is 22.2. The molecule has 0 unspecified atom stereocenters. The first-order valence-electron chi connectivity index (χ1n) is 13.3. The molecule has 0 bridgehead atoms. The second-order valence-corrected chi connectivity index (χ2v) is 9.59. The molecule has 2 aliphatic heterocycles. The smallest absolute Gasteiger partial charge is 0.162 e. The third-order valence-corrected chi connectivity index (χ3v) is 6.93. The van der Waals surface area contributed by atoms with Gasteiger partial charge in [0.25, 0.3) is 0 Å². The van der Waals surface area contributed by atoms with Gasteiger partial charge in [0.2, 0.25) is 0 Å². The van der Waals surface area contributed by atoms with Crippen molar-refractivity contribution in [2.24, 2.45) is 0 Å². The molecule has 10 nitrogen and oxygen atoms in total. The first kappa shape index (κ1) is 28.4. The Morgan fingerprint density at radius 3 is 1.39 bits per heavy atom. The van der Waals surface area contributed by atoms with Gasteiger partial charge >= 0.3 is 0 Å². The Balaban J connectivity index is 1.63. The molecular formula is C28H40N2O8. The second kappa shape index (κ2) is 13.5. The highest BCUT2D eigenvalue weighted by Gasteiger charge is 2.27. The van der Waals surface area contributed by atoms with Gasteiger partial charge in [-0.15, -0.1) is 0 Å². The maximum Gasteiger partial charge on any atom is 0.162 e. The Morgan fingerprint density at radius 2 is 1.05 bits per heavy atom. The van der Waals surface area contributed by atoms with Gasteiger partial charge in [-0.05, 0) is 49.2 Å². The van der Waals surface area contributed by atoms with E-state index < -0.39 is 12.2 Å². The van der Waals surface area contributed by atoms with E-state index in [4.69, 9.17) is 18.9 Å². The van der Waals surface area contributed by atoms with Crippen molar-refractivity contribution in [2.75, 3.05) is 65.8 Å². The lowest BCUT2D eigenvalue weighted by atomic mass is 9.94. The highest BCUT2D eigenvalue weighted by Crippen LogP contribution is 2.41. The molecule has 2 aromatic rings. The van der Waals surface area contributed by atoms with Crippen molar-refractivity contribution in [2.45, 2.75) is 39.1 Å². The van der Waals surface area contributed by atoms with Crippen LogP contribution in [0.2, 0.25) is 0 Å². The fraction of sp³-hybridized carbons (Fsp3) is 0.571. The quantitative estimate of drug-likeness (QED) is 0.343. The van der Waals surface area contributed by atoms with Crippen LogP contribution in [0.25, 0.3) is 0 Å². The summed E-state index contributed by atoms with van der Waals surface area (Å²) in [6.07, 6.45) is -2.62. The number of aliphatic hydroxyl groups excluding tert-OH is 2. The van der Waals surface area contributed by atoms with Crippen molar-refractivity contribution >= 4 is 0 Å². The van der Waals surface area contributed by atoms with Crippen LogP contribution in [0.4, 0.5) is 0 Å². The third kappa shape index (κ3) is 6.88. The summed E-state index contributed by atoms with van der Waals surface area (Å²) in [6, 6.07) is 6.54. The van der Waals surface area contributed by atoms with Crippen molar-refractivity contribution in [1.82, 2.24) is 9.80 Å². The fourth-order valence-corrected chi connectivity index (χ4v) is 4.86. The minimum Gasteiger partial charge on any atom is -0.504 e. The zero-order valence-electron chi connectivity index (χ0n) is 22.3. The number of hydrogen-bond acceptors (Lipinski definition) is 10. The molecular weight excluding hydrogens is 492 g/mol. The van der Waals surface area contributed by atoms with Crippen LogP contribution >= 0.6 is 0 Å². The van der Waals surface area contributed by atoms with Crippen LogP contribution in [0.15, 0.2) is 24.3 Å². The van der Waals surface area contributed by atoms with Gasteiger partial charge in [-0.25, -0.2) is 0 Å². The van der Waals surface area contributed by atoms with Gasteiger partial charge in [0.05, 0.1) is 39.6 Å². The third-order valence-electron chi connectivity index (χ3n) is 6.93. The van der Waals surface area contributed by atoms with E-state index >= 15 is 0 Å². The van der Waals surface area contributed by atoms with Gasteiger partial charge in [-0.1, -0.05) is 0 Å². The number of phenols is 2. The standard InChI is InChI=1S/C28H40N2O8/c1-3-37-23-15-19(13-21(25(23)31)17-29-5-9-35-10-6-29)27(33)28(34)20-14-22(18-30-7-11-36-12-8-30)26(32)24(16-20)38-4-2/h13-16,27-28,31-34H,3-12,17-18H2,1-2H3/t27-,28-/m1/s1. The zero-order valence-corrected chi connectivity index (χ0v) is 22.3. The lowest BCUT2D eigenvalue weighted by molar-refractivity contribution is 0.0163. The second-order valence-electron chi connectivity index (χ2n) is 9.59. The molecule has 10 heteroatoms. The van der Waals surface area contributed by atoms with Crippen molar-refractivity contribution in [3.63, 3.8) is 0 Å². The van der Waals surface area contributed by atoms with Crippen LogP contribution in [0, 0.1) is 0 Å². The maximum atomic E-state index is 11.3. The highest BCUT2D eigenvalue weighted by atomic mass is 16.5. The zero-order chi connectivity index (χ0) is 27.1. The summed E-state index contributed by atoms with van der Waals surface area (Å²) in [7, 11) is 0. The van der Waals surface area contributed by atoms with Gasteiger partial charge in [-0.3, -0.25) is 9.80 Å². The molecule has 0 spiro atoms. The van der Waals surface area contributed by atoms with Gasteiger partial charge in [0, 0.05) is 50.4 Å². The Bertz CT molecular complexity index is 970. The number of aliphatic hydroxyl groups is 2. The van der Waals surface area contributed by atoms with Crippen molar-refractivity contribution in [1.29, 1.82) is 0 Å². The minimum atomic E-state index is -1.31. The number of hydrogen-bond donors (Lipinski definition) is 4. The lowest BCUT2D eigenvalue weighted by Crippen LogP contribution is -2.35. The van der Waals surface area contributed by atoms with Crippen molar-refractivity contribution in [3.8, 4) is 23.0 Å². The van der Waals surface area contributed by atoms with E-state index in [0.717, 1.165) is 26.2 Å². The molecule has 0 aromatic heterocycles. The van der Waals surface area contributed by atoms with E-state index in [2.05, 4.69) is 9.80 Å². The molecule has 0 aliphatic carbocycles. The number of rotatable bonds is 11. The average Bonchev–Trinajstić information content (AvgIpc) is 2.93. The molecule has 2 aliphatic rings. The van der Waals surface area contributed by atoms with Crippen LogP contribution in [0.1, 0.15) is 48.3 Å². The average molecular weight is 533 g/mol. The van der Waals surface area contributed by atoms with E-state index in [9.17, 15) is 20.4 Å². The molecule has 4 N–H and O–H groups in total. The van der Waals surface area contributed by atoms with Gasteiger partial charge in [0.1, 0.15) is 12.2 Å². The number of phenolic OH excluding ortho intramolecular Hbond substituents is 2. The Morgan fingerprint density at radius 1 is 0.684 bits per heavy atom. The predicted octanol–water partition coefficient (Wildman–Crippen LogP) is 2.33. The highest BCUT2D eigenvalue weighted by molar-refractivity contribution is 5.51. The summed E-state index contributed by atoms with van der Waals surface area (Å²) in [4.78, 5) is 4.32. The molecule has 0 amide bonds. The molecule has 0 saturated carbocycles. The lowest BCUT2D eigenvalue weighted by Gasteiger charge is -2.28. The topological polar surface area (TPSA) is 124 Å².